The van der Waals surface area contributed by atoms with Crippen molar-refractivity contribution in [2.75, 3.05) is 41.1 Å². The number of aliphatic imine (C=N–C) groups is 1. The van der Waals surface area contributed by atoms with Gasteiger partial charge in [-0.2, -0.15) is 0 Å². The molecule has 0 N–H and O–H groups in total. The summed E-state index contributed by atoms with van der Waals surface area (Å²) in [4.78, 5) is 19.5. The molecule has 0 radical (unpaired) electrons. The summed E-state index contributed by atoms with van der Waals surface area (Å²) in [6.07, 6.45) is 6.21. The predicted molar refractivity (Wildman–Crippen MR) is 156 cm³/mol. The number of amides is 1. The topological polar surface area (TPSA) is 88.1 Å². The summed E-state index contributed by atoms with van der Waals surface area (Å²) in [5, 5.41) is 0. The maximum Gasteiger partial charge on any atom is 0.256 e. The second kappa shape index (κ2) is 13.5. The van der Waals surface area contributed by atoms with Crippen LogP contribution in [0.1, 0.15) is 42.5 Å². The van der Waals surface area contributed by atoms with Gasteiger partial charge in [-0.25, -0.2) is 4.39 Å². The third-order valence-electron chi connectivity index (χ3n) is 7.26. The Hall–Kier alpha value is -4.47. The number of fused-ring (bicyclic) bond motifs is 2. The van der Waals surface area contributed by atoms with Crippen LogP contribution in [-0.2, 0) is 0 Å². The van der Waals surface area contributed by atoms with Crippen molar-refractivity contribution in [1.82, 2.24) is 4.90 Å². The molecule has 0 unspecified atom stereocenters. The Morgan fingerprint density at radius 2 is 1.52 bits per heavy atom. The molecule has 9 nitrogen and oxygen atoms in total. The minimum Gasteiger partial charge on any atom is -0.493 e. The summed E-state index contributed by atoms with van der Waals surface area (Å²) < 4.78 is 48.0. The summed E-state index contributed by atoms with van der Waals surface area (Å²) in [6.45, 7) is 1.67. The molecule has 10 heteroatoms. The first kappa shape index (κ1) is 29.0. The van der Waals surface area contributed by atoms with Crippen LogP contribution in [0.15, 0.2) is 53.5 Å². The van der Waals surface area contributed by atoms with Gasteiger partial charge in [-0.15, -0.1) is 0 Å². The second-order valence-electron chi connectivity index (χ2n) is 9.98. The molecule has 2 aliphatic heterocycles. The maximum absolute atomic E-state index is 14.4. The number of benzene rings is 3. The molecule has 0 bridgehead atoms. The first-order valence-corrected chi connectivity index (χ1v) is 14.0. The number of rotatable bonds is 13. The molecule has 222 valence electrons. The average molecular weight is 579 g/mol. The zero-order chi connectivity index (χ0) is 29.5. The number of unbranched alkanes of at least 4 members (excludes halogenated alkanes) is 2. The fourth-order valence-corrected chi connectivity index (χ4v) is 5.03. The average Bonchev–Trinajstić information content (AvgIpc) is 3.44. The van der Waals surface area contributed by atoms with Crippen molar-refractivity contribution in [2.45, 2.75) is 38.1 Å². The second-order valence-corrected chi connectivity index (χ2v) is 9.98. The van der Waals surface area contributed by atoms with Gasteiger partial charge < -0.3 is 33.3 Å². The molecular formula is C32H35FN2O7. The van der Waals surface area contributed by atoms with Crippen LogP contribution in [0.25, 0.3) is 0 Å². The number of carbonyl (C=O) groups excluding carboxylic acids is 1. The molecule has 1 saturated heterocycles. The van der Waals surface area contributed by atoms with E-state index in [9.17, 15) is 9.18 Å². The molecule has 0 aromatic heterocycles. The van der Waals surface area contributed by atoms with Crippen LogP contribution in [0.3, 0.4) is 0 Å². The molecule has 5 rings (SSSR count). The first-order chi connectivity index (χ1) is 20.5. The van der Waals surface area contributed by atoms with Crippen molar-refractivity contribution in [3.8, 4) is 40.2 Å². The summed E-state index contributed by atoms with van der Waals surface area (Å²) in [7, 11) is 4.63. The smallest absolute Gasteiger partial charge is 0.256 e. The molecule has 3 aromatic rings. The molecule has 0 saturated carbocycles. The Morgan fingerprint density at radius 1 is 0.810 bits per heavy atom. The standard InChI is InChI=1S/C32H35FN2O7/c1-37-27-12-10-23(17-29(27)38-2)42-28-16-22(9-11-25(28)33)40-14-5-4-6-15-41-31-19-26-24(18-30(31)39-3)32(36)35-13-7-8-21(35)20-34-26/h9-12,16-21H,4-8,13-15H2,1-3H3/t21-/m0/s1. The van der Waals surface area contributed by atoms with E-state index < -0.39 is 5.82 Å². The van der Waals surface area contributed by atoms with Gasteiger partial charge in [0.15, 0.2) is 34.6 Å². The van der Waals surface area contributed by atoms with Crippen molar-refractivity contribution in [3.63, 3.8) is 0 Å². The van der Waals surface area contributed by atoms with Crippen molar-refractivity contribution in [1.29, 1.82) is 0 Å². The van der Waals surface area contributed by atoms with E-state index in [1.165, 1.54) is 19.2 Å². The van der Waals surface area contributed by atoms with E-state index in [1.54, 1.807) is 50.6 Å². The fourth-order valence-electron chi connectivity index (χ4n) is 5.03. The van der Waals surface area contributed by atoms with Crippen LogP contribution in [0, 0.1) is 5.82 Å². The van der Waals surface area contributed by atoms with Crippen LogP contribution in [0.2, 0.25) is 0 Å². The first-order valence-electron chi connectivity index (χ1n) is 14.0. The lowest BCUT2D eigenvalue weighted by atomic mass is 10.1. The van der Waals surface area contributed by atoms with Crippen LogP contribution in [-0.4, -0.2) is 64.2 Å². The Bertz CT molecular complexity index is 1440. The molecule has 0 aliphatic carbocycles. The Morgan fingerprint density at radius 3 is 2.31 bits per heavy atom. The number of hydrogen-bond acceptors (Lipinski definition) is 8. The summed E-state index contributed by atoms with van der Waals surface area (Å²) in [5.74, 6) is 2.56. The van der Waals surface area contributed by atoms with Gasteiger partial charge in [0.05, 0.1) is 51.8 Å². The van der Waals surface area contributed by atoms with E-state index in [0.29, 0.717) is 59.0 Å². The van der Waals surface area contributed by atoms with Gasteiger partial charge in [-0.3, -0.25) is 9.79 Å². The lowest BCUT2D eigenvalue weighted by Gasteiger charge is -2.20. The van der Waals surface area contributed by atoms with Crippen molar-refractivity contribution in [2.24, 2.45) is 4.99 Å². The molecule has 1 atom stereocenters. The van der Waals surface area contributed by atoms with Crippen LogP contribution in [0.5, 0.6) is 40.2 Å². The minimum atomic E-state index is -0.502. The van der Waals surface area contributed by atoms with E-state index in [1.807, 2.05) is 11.1 Å². The SMILES string of the molecule is COc1ccc(Oc2cc(OCCCCCOc3cc4c(cc3OC)C(=O)N3CCC[C@H]3C=N4)ccc2F)cc1OC. The van der Waals surface area contributed by atoms with Crippen LogP contribution in [0.4, 0.5) is 10.1 Å². The van der Waals surface area contributed by atoms with E-state index in [2.05, 4.69) is 4.99 Å². The van der Waals surface area contributed by atoms with Crippen molar-refractivity contribution >= 4 is 17.8 Å². The zero-order valence-electron chi connectivity index (χ0n) is 24.1. The highest BCUT2D eigenvalue weighted by Gasteiger charge is 2.32. The molecule has 2 aliphatic rings. The summed E-state index contributed by atoms with van der Waals surface area (Å²) in [5.41, 5.74) is 1.14. The molecule has 42 heavy (non-hydrogen) atoms. The fraction of sp³-hybridized carbons (Fsp3) is 0.375. The molecular weight excluding hydrogens is 543 g/mol. The highest BCUT2D eigenvalue weighted by molar-refractivity contribution is 6.03. The molecule has 3 aromatic carbocycles. The van der Waals surface area contributed by atoms with Gasteiger partial charge in [-0.1, -0.05) is 0 Å². The van der Waals surface area contributed by atoms with Gasteiger partial charge in [0.2, 0.25) is 0 Å². The van der Waals surface area contributed by atoms with Gasteiger partial charge in [0.25, 0.3) is 5.91 Å². The molecule has 1 amide bonds. The largest absolute Gasteiger partial charge is 0.493 e. The highest BCUT2D eigenvalue weighted by Crippen LogP contribution is 2.38. The van der Waals surface area contributed by atoms with E-state index in [0.717, 1.165) is 38.6 Å². The van der Waals surface area contributed by atoms with Gasteiger partial charge in [-0.05, 0) is 62.4 Å². The molecule has 2 heterocycles. The zero-order valence-corrected chi connectivity index (χ0v) is 24.1. The third-order valence-corrected chi connectivity index (χ3v) is 7.26. The number of carbonyl (C=O) groups is 1. The number of halogens is 1. The van der Waals surface area contributed by atoms with Crippen LogP contribution < -0.4 is 28.4 Å². The molecule has 1 fully saturated rings. The summed E-state index contributed by atoms with van der Waals surface area (Å²) in [6, 6.07) is 13.0. The van der Waals surface area contributed by atoms with E-state index in [-0.39, 0.29) is 17.7 Å². The minimum absolute atomic E-state index is 0.0179. The number of ether oxygens (including phenoxy) is 6. The lowest BCUT2D eigenvalue weighted by molar-refractivity contribution is 0.0774. The van der Waals surface area contributed by atoms with Crippen LogP contribution >= 0.6 is 0 Å². The quantitative estimate of drug-likeness (QED) is 0.211. The predicted octanol–water partition coefficient (Wildman–Crippen LogP) is 6.59. The lowest BCUT2D eigenvalue weighted by Crippen LogP contribution is -2.35. The van der Waals surface area contributed by atoms with Gasteiger partial charge in [0, 0.05) is 31.0 Å². The Balaban J connectivity index is 1.09. The van der Waals surface area contributed by atoms with Crippen molar-refractivity contribution in [3.05, 3.63) is 59.9 Å². The Labute approximate surface area is 244 Å². The number of methoxy groups -OCH3 is 3. The van der Waals surface area contributed by atoms with E-state index >= 15 is 0 Å². The highest BCUT2D eigenvalue weighted by atomic mass is 19.1. The van der Waals surface area contributed by atoms with Gasteiger partial charge in [0.1, 0.15) is 11.5 Å². The van der Waals surface area contributed by atoms with E-state index in [4.69, 9.17) is 28.4 Å². The van der Waals surface area contributed by atoms with Crippen molar-refractivity contribution < 1.29 is 37.6 Å². The normalized spacial score (nSPS) is 15.5. The number of nitrogens with zero attached hydrogens (tertiary/aromatic N) is 2. The summed E-state index contributed by atoms with van der Waals surface area (Å²) >= 11 is 0. The Kier molecular flexibility index (Phi) is 9.31. The third kappa shape index (κ3) is 6.53. The number of hydrogen-bond donors (Lipinski definition) is 0. The monoisotopic (exact) mass is 578 g/mol. The molecule has 0 spiro atoms. The van der Waals surface area contributed by atoms with Gasteiger partial charge >= 0.3 is 0 Å². The maximum atomic E-state index is 14.4.